The number of alkyl carbamates (subject to hydrolysis) is 1. The second kappa shape index (κ2) is 8.69. The van der Waals surface area contributed by atoms with E-state index in [0.717, 1.165) is 31.2 Å². The first-order valence-corrected chi connectivity index (χ1v) is 10.1. The Morgan fingerprint density at radius 1 is 1.28 bits per heavy atom. The van der Waals surface area contributed by atoms with Gasteiger partial charge in [-0.15, -0.1) is 0 Å². The summed E-state index contributed by atoms with van der Waals surface area (Å²) in [7, 11) is 0. The molecular formula is C22H24BrN3O3. The van der Waals surface area contributed by atoms with Crippen molar-refractivity contribution in [2.24, 2.45) is 0 Å². The third-order valence-corrected chi connectivity index (χ3v) is 4.75. The summed E-state index contributed by atoms with van der Waals surface area (Å²) < 4.78 is 7.10. The van der Waals surface area contributed by atoms with E-state index in [1.165, 1.54) is 6.21 Å². The zero-order chi connectivity index (χ0) is 21.0. The number of nitrogens with zero attached hydrogens (tertiary/aromatic N) is 1. The van der Waals surface area contributed by atoms with Crippen LogP contribution in [0.5, 0.6) is 0 Å². The van der Waals surface area contributed by atoms with Gasteiger partial charge in [0.05, 0.1) is 6.54 Å². The monoisotopic (exact) mass is 457 g/mol. The Labute approximate surface area is 178 Å². The minimum Gasteiger partial charge on any atom is -0.623 e. The van der Waals surface area contributed by atoms with Gasteiger partial charge in [-0.3, -0.25) is 0 Å². The van der Waals surface area contributed by atoms with Crippen LogP contribution in [-0.4, -0.2) is 34.2 Å². The van der Waals surface area contributed by atoms with Gasteiger partial charge < -0.3 is 20.2 Å². The van der Waals surface area contributed by atoms with Gasteiger partial charge in [0.15, 0.2) is 6.21 Å². The summed E-state index contributed by atoms with van der Waals surface area (Å²) in [6.07, 6.45) is 2.78. The molecule has 1 aromatic heterocycles. The molecule has 3 rings (SSSR count). The molecule has 0 saturated heterocycles. The second-order valence-corrected chi connectivity index (χ2v) is 8.65. The summed E-state index contributed by atoms with van der Waals surface area (Å²) in [5, 5.41) is 16.7. The number of fused-ring (bicyclic) bond motifs is 1. The summed E-state index contributed by atoms with van der Waals surface area (Å²) >= 11 is 3.48. The number of hydroxylamine groups is 1. The molecule has 7 heteroatoms. The summed E-state index contributed by atoms with van der Waals surface area (Å²) in [5.74, 6) is 0. The molecule has 3 aromatic rings. The Morgan fingerprint density at radius 3 is 2.69 bits per heavy atom. The molecular weight excluding hydrogens is 434 g/mol. The smallest absolute Gasteiger partial charge is 0.407 e. The normalized spacial score (nSPS) is 13.3. The summed E-state index contributed by atoms with van der Waals surface area (Å²) in [6.45, 7) is 5.49. The van der Waals surface area contributed by atoms with Crippen molar-refractivity contribution < 1.29 is 14.3 Å². The molecule has 0 spiro atoms. The zero-order valence-electron chi connectivity index (χ0n) is 16.6. The number of carbonyl (C=O) groups excluding carboxylic acids is 1. The SMILES string of the molecule is CC(C)(C)OC(=O)NCC(c1c[nH]c2ccc(Br)cc12)/[N+]([O-])=C/c1ccccc1. The molecule has 0 aliphatic heterocycles. The lowest BCUT2D eigenvalue weighted by atomic mass is 10.1. The number of hydrogen-bond donors (Lipinski definition) is 2. The number of halogens is 1. The number of nitrogens with one attached hydrogen (secondary N) is 2. The van der Waals surface area contributed by atoms with E-state index in [4.69, 9.17) is 4.74 Å². The molecule has 0 bridgehead atoms. The first-order chi connectivity index (χ1) is 13.7. The third-order valence-electron chi connectivity index (χ3n) is 4.26. The molecule has 2 N–H and O–H groups in total. The molecule has 0 radical (unpaired) electrons. The Kier molecular flexibility index (Phi) is 6.27. The number of hydrogen-bond acceptors (Lipinski definition) is 3. The number of H-pyrrole nitrogens is 1. The van der Waals surface area contributed by atoms with Crippen molar-refractivity contribution in [2.45, 2.75) is 32.4 Å². The molecule has 1 atom stereocenters. The topological polar surface area (TPSA) is 80.2 Å². The highest BCUT2D eigenvalue weighted by Crippen LogP contribution is 2.28. The summed E-state index contributed by atoms with van der Waals surface area (Å²) in [6, 6.07) is 14.5. The molecule has 1 heterocycles. The van der Waals surface area contributed by atoms with Crippen LogP contribution >= 0.6 is 15.9 Å². The van der Waals surface area contributed by atoms with E-state index in [-0.39, 0.29) is 6.54 Å². The Balaban J connectivity index is 1.93. The lowest BCUT2D eigenvalue weighted by Crippen LogP contribution is -2.36. The highest BCUT2D eigenvalue weighted by atomic mass is 79.9. The van der Waals surface area contributed by atoms with Gasteiger partial charge >= 0.3 is 6.09 Å². The molecule has 0 saturated carbocycles. The zero-order valence-corrected chi connectivity index (χ0v) is 18.2. The maximum absolute atomic E-state index is 13.1. The molecule has 6 nitrogen and oxygen atoms in total. The number of amides is 1. The van der Waals surface area contributed by atoms with Crippen LogP contribution in [0.15, 0.2) is 59.2 Å². The predicted molar refractivity (Wildman–Crippen MR) is 118 cm³/mol. The largest absolute Gasteiger partial charge is 0.623 e. The first-order valence-electron chi connectivity index (χ1n) is 9.32. The van der Waals surface area contributed by atoms with Gasteiger partial charge in [-0.25, -0.2) is 9.53 Å². The van der Waals surface area contributed by atoms with Gasteiger partial charge in [0.2, 0.25) is 6.04 Å². The quantitative estimate of drug-likeness (QED) is 0.241. The molecule has 0 fully saturated rings. The lowest BCUT2D eigenvalue weighted by molar-refractivity contribution is -0.500. The minimum atomic E-state index is -0.634. The summed E-state index contributed by atoms with van der Waals surface area (Å²) in [4.78, 5) is 15.3. The van der Waals surface area contributed by atoms with E-state index >= 15 is 0 Å². The Hall–Kier alpha value is -2.80. The van der Waals surface area contributed by atoms with Crippen LogP contribution in [0.25, 0.3) is 10.9 Å². The van der Waals surface area contributed by atoms with Crippen molar-refractivity contribution in [1.82, 2.24) is 10.3 Å². The standard InChI is InChI=1S/C22H24BrN3O3/c1-22(2,3)29-21(27)25-13-20(26(28)14-15-7-5-4-6-8-15)18-12-24-19-10-9-16(23)11-17(18)19/h4-12,14,20,24H,13H2,1-3H3,(H,25,27)/b26-14-. The number of aromatic nitrogens is 1. The molecule has 1 unspecified atom stereocenters. The van der Waals surface area contributed by atoms with Crippen LogP contribution in [-0.2, 0) is 4.74 Å². The van der Waals surface area contributed by atoms with Gasteiger partial charge in [-0.2, -0.15) is 0 Å². The highest BCUT2D eigenvalue weighted by molar-refractivity contribution is 9.10. The first kappa shape index (κ1) is 20.9. The lowest BCUT2D eigenvalue weighted by Gasteiger charge is -2.21. The van der Waals surface area contributed by atoms with E-state index in [2.05, 4.69) is 26.2 Å². The van der Waals surface area contributed by atoms with Crippen LogP contribution in [0.1, 0.15) is 37.9 Å². The van der Waals surface area contributed by atoms with Crippen LogP contribution in [0.2, 0.25) is 0 Å². The van der Waals surface area contributed by atoms with E-state index in [9.17, 15) is 10.0 Å². The molecule has 0 aliphatic rings. The number of carbonyl (C=O) groups is 1. The molecule has 0 aliphatic carbocycles. The van der Waals surface area contributed by atoms with E-state index < -0.39 is 17.7 Å². The number of ether oxygens (including phenoxy) is 1. The number of aromatic amines is 1. The van der Waals surface area contributed by atoms with Crippen LogP contribution in [0.4, 0.5) is 4.79 Å². The molecule has 1 amide bonds. The Bertz CT molecular complexity index is 1020. The molecule has 2 aromatic carbocycles. The minimum absolute atomic E-state index is 0.0984. The molecule has 152 valence electrons. The predicted octanol–water partition coefficient (Wildman–Crippen LogP) is 5.13. The third kappa shape index (κ3) is 5.60. The van der Waals surface area contributed by atoms with Crippen molar-refractivity contribution in [1.29, 1.82) is 0 Å². The van der Waals surface area contributed by atoms with Gasteiger partial charge in [0.1, 0.15) is 5.60 Å². The van der Waals surface area contributed by atoms with Gasteiger partial charge in [0.25, 0.3) is 0 Å². The second-order valence-electron chi connectivity index (χ2n) is 7.73. The highest BCUT2D eigenvalue weighted by Gasteiger charge is 2.25. The fourth-order valence-electron chi connectivity index (χ4n) is 3.00. The molecule has 29 heavy (non-hydrogen) atoms. The summed E-state index contributed by atoms with van der Waals surface area (Å²) in [5.41, 5.74) is 1.88. The Morgan fingerprint density at radius 2 is 2.00 bits per heavy atom. The van der Waals surface area contributed by atoms with Crippen molar-refractivity contribution >= 4 is 39.1 Å². The fraction of sp³-hybridized carbons (Fsp3) is 0.273. The van der Waals surface area contributed by atoms with Crippen LogP contribution in [0, 0.1) is 5.21 Å². The average molecular weight is 458 g/mol. The van der Waals surface area contributed by atoms with Crippen molar-refractivity contribution in [3.8, 4) is 0 Å². The van der Waals surface area contributed by atoms with Gasteiger partial charge in [-0.1, -0.05) is 34.1 Å². The fourth-order valence-corrected chi connectivity index (χ4v) is 3.36. The number of benzene rings is 2. The van der Waals surface area contributed by atoms with Crippen molar-refractivity contribution in [2.75, 3.05) is 6.54 Å². The van der Waals surface area contributed by atoms with E-state index in [0.29, 0.717) is 0 Å². The maximum Gasteiger partial charge on any atom is 0.407 e. The van der Waals surface area contributed by atoms with Crippen molar-refractivity contribution in [3.63, 3.8) is 0 Å². The maximum atomic E-state index is 13.1. The van der Waals surface area contributed by atoms with Gasteiger partial charge in [-0.05, 0) is 51.1 Å². The average Bonchev–Trinajstić information content (AvgIpc) is 3.04. The van der Waals surface area contributed by atoms with E-state index in [1.807, 2.05) is 54.7 Å². The number of rotatable bonds is 5. The van der Waals surface area contributed by atoms with Crippen molar-refractivity contribution in [3.05, 3.63) is 75.5 Å². The van der Waals surface area contributed by atoms with E-state index in [1.54, 1.807) is 20.8 Å². The van der Waals surface area contributed by atoms with Crippen LogP contribution in [0.3, 0.4) is 0 Å². The van der Waals surface area contributed by atoms with Crippen LogP contribution < -0.4 is 5.32 Å². The van der Waals surface area contributed by atoms with Gasteiger partial charge in [0, 0.05) is 32.7 Å².